The molecule has 2 aromatic rings. The lowest BCUT2D eigenvalue weighted by Gasteiger charge is -2.27. The lowest BCUT2D eigenvalue weighted by atomic mass is 10.1. The van der Waals surface area contributed by atoms with Crippen molar-refractivity contribution in [2.24, 2.45) is 5.92 Å². The summed E-state index contributed by atoms with van der Waals surface area (Å²) in [5.41, 5.74) is 2.09. The Hall–Kier alpha value is -2.44. The van der Waals surface area contributed by atoms with Crippen LogP contribution in [0.3, 0.4) is 0 Å². The SMILES string of the molecule is CC(C)Cn1cnc2cc(C(=O)N3[C@@H]4CC[C@H]3CNC(=O)C4)cnc21. The zero-order valence-corrected chi connectivity index (χ0v) is 14.6. The zero-order chi connectivity index (χ0) is 17.6. The van der Waals surface area contributed by atoms with Crippen LogP contribution in [0, 0.1) is 5.92 Å². The van der Waals surface area contributed by atoms with E-state index >= 15 is 0 Å². The number of amides is 2. The molecule has 4 rings (SSSR count). The van der Waals surface area contributed by atoms with Crippen LogP contribution in [-0.4, -0.2) is 49.9 Å². The van der Waals surface area contributed by atoms with E-state index in [0.29, 0.717) is 24.4 Å². The summed E-state index contributed by atoms with van der Waals surface area (Å²) in [6, 6.07) is 1.90. The van der Waals surface area contributed by atoms with E-state index in [2.05, 4.69) is 29.1 Å². The van der Waals surface area contributed by atoms with E-state index in [1.165, 1.54) is 0 Å². The summed E-state index contributed by atoms with van der Waals surface area (Å²) in [5.74, 6) is 0.487. The highest BCUT2D eigenvalue weighted by molar-refractivity contribution is 5.97. The quantitative estimate of drug-likeness (QED) is 0.919. The van der Waals surface area contributed by atoms with Gasteiger partial charge in [-0.3, -0.25) is 9.59 Å². The van der Waals surface area contributed by atoms with Gasteiger partial charge in [-0.2, -0.15) is 0 Å². The molecule has 25 heavy (non-hydrogen) atoms. The lowest BCUT2D eigenvalue weighted by molar-refractivity contribution is -0.121. The predicted octanol–water partition coefficient (Wildman–Crippen LogP) is 1.58. The molecule has 2 aliphatic heterocycles. The molecule has 7 heteroatoms. The number of pyridine rings is 1. The number of hydrogen-bond acceptors (Lipinski definition) is 4. The van der Waals surface area contributed by atoms with Crippen LogP contribution in [-0.2, 0) is 11.3 Å². The number of nitrogens with one attached hydrogen (secondary N) is 1. The molecule has 7 nitrogen and oxygen atoms in total. The fourth-order valence-corrected chi connectivity index (χ4v) is 3.95. The molecular formula is C18H23N5O2. The molecule has 0 radical (unpaired) electrons. The van der Waals surface area contributed by atoms with Gasteiger partial charge in [-0.15, -0.1) is 0 Å². The Kier molecular flexibility index (Phi) is 3.94. The standard InChI is InChI=1S/C18H23N5O2/c1-11(2)9-22-10-21-15-5-12(7-20-17(15)22)18(25)23-13-3-4-14(23)8-19-16(24)6-13/h5,7,10-11,13-14H,3-4,6,8-9H2,1-2H3,(H,19,24)/t13-,14+/m1/s1. The van der Waals surface area contributed by atoms with E-state index in [9.17, 15) is 9.59 Å². The lowest BCUT2D eigenvalue weighted by Crippen LogP contribution is -2.42. The highest BCUT2D eigenvalue weighted by atomic mass is 16.2. The molecule has 0 aliphatic carbocycles. The molecule has 1 N–H and O–H groups in total. The van der Waals surface area contributed by atoms with Crippen molar-refractivity contribution >= 4 is 23.0 Å². The number of imidazole rings is 1. The zero-order valence-electron chi connectivity index (χ0n) is 14.6. The van der Waals surface area contributed by atoms with Gasteiger partial charge in [0.25, 0.3) is 5.91 Å². The van der Waals surface area contributed by atoms with E-state index in [-0.39, 0.29) is 23.9 Å². The molecule has 4 heterocycles. The van der Waals surface area contributed by atoms with Crippen LogP contribution in [0.5, 0.6) is 0 Å². The first-order chi connectivity index (χ1) is 12.0. The smallest absolute Gasteiger partial charge is 0.256 e. The molecule has 132 valence electrons. The van der Waals surface area contributed by atoms with Gasteiger partial charge in [0.15, 0.2) is 5.65 Å². The maximum absolute atomic E-state index is 13.1. The average Bonchev–Trinajstić information content (AvgIpc) is 3.10. The monoisotopic (exact) mass is 341 g/mol. The summed E-state index contributed by atoms with van der Waals surface area (Å²) in [4.78, 5) is 35.6. The molecule has 2 aliphatic rings. The van der Waals surface area contributed by atoms with Gasteiger partial charge in [0.1, 0.15) is 5.52 Å². The highest BCUT2D eigenvalue weighted by Gasteiger charge is 2.40. The van der Waals surface area contributed by atoms with Crippen LogP contribution in [0.4, 0.5) is 0 Å². The maximum atomic E-state index is 13.1. The predicted molar refractivity (Wildman–Crippen MR) is 93.0 cm³/mol. The molecular weight excluding hydrogens is 318 g/mol. The van der Waals surface area contributed by atoms with Crippen molar-refractivity contribution in [2.75, 3.05) is 6.54 Å². The first kappa shape index (κ1) is 16.1. The van der Waals surface area contributed by atoms with Gasteiger partial charge in [-0.25, -0.2) is 9.97 Å². The van der Waals surface area contributed by atoms with Gasteiger partial charge >= 0.3 is 0 Å². The number of aromatic nitrogens is 3. The van der Waals surface area contributed by atoms with Crippen molar-refractivity contribution in [1.29, 1.82) is 0 Å². The minimum Gasteiger partial charge on any atom is -0.354 e. The van der Waals surface area contributed by atoms with Crippen LogP contribution < -0.4 is 5.32 Å². The normalized spacial score (nSPS) is 23.2. The molecule has 2 aromatic heterocycles. The molecule has 0 unspecified atom stereocenters. The van der Waals surface area contributed by atoms with Gasteiger partial charge in [0.05, 0.1) is 11.9 Å². The van der Waals surface area contributed by atoms with Crippen molar-refractivity contribution < 1.29 is 9.59 Å². The maximum Gasteiger partial charge on any atom is 0.256 e. The van der Waals surface area contributed by atoms with E-state index < -0.39 is 0 Å². The van der Waals surface area contributed by atoms with E-state index in [1.54, 1.807) is 12.5 Å². The Morgan fingerprint density at radius 2 is 2.12 bits per heavy atom. The number of carbonyl (C=O) groups is 2. The Labute approximate surface area is 146 Å². The third kappa shape index (κ3) is 2.88. The van der Waals surface area contributed by atoms with Gasteiger partial charge in [0, 0.05) is 37.8 Å². The molecule has 2 fully saturated rings. The summed E-state index contributed by atoms with van der Waals surface area (Å²) in [6.45, 7) is 5.68. The molecule has 2 amide bonds. The van der Waals surface area contributed by atoms with Gasteiger partial charge in [-0.05, 0) is 24.8 Å². The molecule has 0 saturated carbocycles. The second-order valence-electron chi connectivity index (χ2n) is 7.46. The second-order valence-corrected chi connectivity index (χ2v) is 7.46. The van der Waals surface area contributed by atoms with Crippen molar-refractivity contribution in [2.45, 2.75) is 51.7 Å². The fourth-order valence-electron chi connectivity index (χ4n) is 3.95. The summed E-state index contributed by atoms with van der Waals surface area (Å²) in [7, 11) is 0. The van der Waals surface area contributed by atoms with Crippen LogP contribution in [0.2, 0.25) is 0 Å². The number of hydrogen-bond donors (Lipinski definition) is 1. The first-order valence-corrected chi connectivity index (χ1v) is 8.93. The summed E-state index contributed by atoms with van der Waals surface area (Å²) in [5, 5.41) is 2.90. The second kappa shape index (κ2) is 6.13. The molecule has 2 saturated heterocycles. The highest BCUT2D eigenvalue weighted by Crippen LogP contribution is 2.30. The topological polar surface area (TPSA) is 80.1 Å². The van der Waals surface area contributed by atoms with Gasteiger partial charge in [-0.1, -0.05) is 13.8 Å². The first-order valence-electron chi connectivity index (χ1n) is 8.93. The summed E-state index contributed by atoms with van der Waals surface area (Å²) < 4.78 is 2.02. The molecule has 2 atom stereocenters. The Bertz CT molecular complexity index is 828. The summed E-state index contributed by atoms with van der Waals surface area (Å²) in [6.07, 6.45) is 5.64. The fraction of sp³-hybridized carbons (Fsp3) is 0.556. The Balaban J connectivity index is 1.63. The molecule has 2 bridgehead atoms. The minimum atomic E-state index is -0.0446. The average molecular weight is 341 g/mol. The van der Waals surface area contributed by atoms with Gasteiger partial charge in [0.2, 0.25) is 5.91 Å². The van der Waals surface area contributed by atoms with Crippen molar-refractivity contribution in [3.63, 3.8) is 0 Å². The van der Waals surface area contributed by atoms with Crippen molar-refractivity contribution in [3.05, 3.63) is 24.2 Å². The summed E-state index contributed by atoms with van der Waals surface area (Å²) >= 11 is 0. The number of carbonyl (C=O) groups excluding carboxylic acids is 2. The van der Waals surface area contributed by atoms with E-state index in [1.807, 2.05) is 15.5 Å². The van der Waals surface area contributed by atoms with E-state index in [4.69, 9.17) is 0 Å². The van der Waals surface area contributed by atoms with Crippen molar-refractivity contribution in [1.82, 2.24) is 24.8 Å². The molecule has 0 aromatic carbocycles. The van der Waals surface area contributed by atoms with Gasteiger partial charge < -0.3 is 14.8 Å². The van der Waals surface area contributed by atoms with Crippen LogP contribution >= 0.6 is 0 Å². The third-order valence-electron chi connectivity index (χ3n) is 5.07. The van der Waals surface area contributed by atoms with Crippen LogP contribution in [0.1, 0.15) is 43.5 Å². The number of nitrogens with zero attached hydrogens (tertiary/aromatic N) is 4. The van der Waals surface area contributed by atoms with E-state index in [0.717, 1.165) is 30.6 Å². The number of rotatable bonds is 3. The number of fused-ring (bicyclic) bond motifs is 3. The largest absolute Gasteiger partial charge is 0.354 e. The van der Waals surface area contributed by atoms with Crippen molar-refractivity contribution in [3.8, 4) is 0 Å². The molecule has 0 spiro atoms. The Morgan fingerprint density at radius 3 is 2.92 bits per heavy atom. The Morgan fingerprint density at radius 1 is 1.32 bits per heavy atom. The minimum absolute atomic E-state index is 0.00537. The van der Waals surface area contributed by atoms with Crippen LogP contribution in [0.15, 0.2) is 18.6 Å². The van der Waals surface area contributed by atoms with Crippen LogP contribution in [0.25, 0.3) is 11.2 Å². The third-order valence-corrected chi connectivity index (χ3v) is 5.07.